The first-order valence-corrected chi connectivity index (χ1v) is 6.06. The van der Waals surface area contributed by atoms with Gasteiger partial charge < -0.3 is 0 Å². The molecule has 0 unspecified atom stereocenters. The number of hydrogen-bond acceptors (Lipinski definition) is 1. The van der Waals surface area contributed by atoms with Crippen LogP contribution in [0.2, 0.25) is 0 Å². The van der Waals surface area contributed by atoms with Crippen molar-refractivity contribution in [1.82, 2.24) is 0 Å². The Kier molecular flexibility index (Phi) is 2.70. The predicted molar refractivity (Wildman–Crippen MR) is 68.1 cm³/mol. The SMILES string of the molecule is c1ccc(N=[N+]2CCCc3ccccc32)cc1. The molecule has 2 nitrogen and oxygen atoms in total. The Morgan fingerprint density at radius 2 is 1.65 bits per heavy atom. The van der Waals surface area contributed by atoms with E-state index < -0.39 is 0 Å². The summed E-state index contributed by atoms with van der Waals surface area (Å²) in [5.74, 6) is 0. The monoisotopic (exact) mass is 223 g/mol. The second kappa shape index (κ2) is 4.50. The molecule has 0 aliphatic carbocycles. The summed E-state index contributed by atoms with van der Waals surface area (Å²) in [7, 11) is 0. The van der Waals surface area contributed by atoms with Gasteiger partial charge in [0.25, 0.3) is 0 Å². The number of para-hydroxylation sites is 1. The van der Waals surface area contributed by atoms with E-state index in [0.717, 1.165) is 18.7 Å². The van der Waals surface area contributed by atoms with Crippen LogP contribution in [0.1, 0.15) is 12.0 Å². The largest absolute Gasteiger partial charge is 0.235 e. The quantitative estimate of drug-likeness (QED) is 0.648. The van der Waals surface area contributed by atoms with Gasteiger partial charge in [-0.3, -0.25) is 0 Å². The van der Waals surface area contributed by atoms with E-state index in [4.69, 9.17) is 5.11 Å². The van der Waals surface area contributed by atoms with E-state index in [9.17, 15) is 0 Å². The van der Waals surface area contributed by atoms with Gasteiger partial charge in [0, 0.05) is 18.1 Å². The molecule has 0 saturated carbocycles. The Morgan fingerprint density at radius 1 is 0.882 bits per heavy atom. The molecule has 0 saturated heterocycles. The van der Waals surface area contributed by atoms with Crippen LogP contribution in [-0.2, 0) is 6.42 Å². The smallest absolute Gasteiger partial charge is 0.0835 e. The summed E-state index contributed by atoms with van der Waals surface area (Å²) in [5.41, 5.74) is 3.67. The van der Waals surface area contributed by atoms with Crippen molar-refractivity contribution in [3.05, 3.63) is 60.2 Å². The predicted octanol–water partition coefficient (Wildman–Crippen LogP) is 4.06. The lowest BCUT2D eigenvalue weighted by molar-refractivity contribution is -0.513. The average Bonchev–Trinajstić information content (AvgIpc) is 2.40. The van der Waals surface area contributed by atoms with Gasteiger partial charge >= 0.3 is 0 Å². The van der Waals surface area contributed by atoms with Crippen LogP contribution >= 0.6 is 0 Å². The Balaban J connectivity index is 2.03. The zero-order valence-electron chi connectivity index (χ0n) is 9.71. The Morgan fingerprint density at radius 3 is 2.53 bits per heavy atom. The van der Waals surface area contributed by atoms with Gasteiger partial charge in [-0.1, -0.05) is 41.1 Å². The Bertz CT molecular complexity index is 544. The standard InChI is InChI=1S/C15H15N2/c1-2-9-14(10-3-1)16-17-12-6-8-13-7-4-5-11-15(13)17/h1-5,7,9-11H,6,8,12H2/q+1. The summed E-state index contributed by atoms with van der Waals surface area (Å²) >= 11 is 0. The molecule has 0 radical (unpaired) electrons. The van der Waals surface area contributed by atoms with E-state index in [1.165, 1.54) is 17.7 Å². The summed E-state index contributed by atoms with van der Waals surface area (Å²) in [6.07, 6.45) is 2.34. The van der Waals surface area contributed by atoms with Crippen LogP contribution in [0.3, 0.4) is 0 Å². The molecule has 0 bridgehead atoms. The fourth-order valence-corrected chi connectivity index (χ4v) is 2.25. The molecule has 2 aromatic rings. The molecule has 3 rings (SSSR count). The van der Waals surface area contributed by atoms with Crippen molar-refractivity contribution in [1.29, 1.82) is 0 Å². The second-order valence-electron chi connectivity index (χ2n) is 4.29. The molecule has 17 heavy (non-hydrogen) atoms. The Hall–Kier alpha value is -1.96. The molecule has 2 aromatic carbocycles. The summed E-state index contributed by atoms with van der Waals surface area (Å²) in [6.45, 7) is 1.01. The fraction of sp³-hybridized carbons (Fsp3) is 0.200. The lowest BCUT2D eigenvalue weighted by Crippen LogP contribution is -2.13. The van der Waals surface area contributed by atoms with Crippen molar-refractivity contribution < 1.29 is 4.70 Å². The maximum absolute atomic E-state index is 4.69. The second-order valence-corrected chi connectivity index (χ2v) is 4.29. The van der Waals surface area contributed by atoms with Gasteiger partial charge in [-0.2, -0.15) is 0 Å². The minimum Gasteiger partial charge on any atom is -0.0835 e. The van der Waals surface area contributed by atoms with Crippen LogP contribution in [0.25, 0.3) is 0 Å². The van der Waals surface area contributed by atoms with Gasteiger partial charge in [0.2, 0.25) is 5.69 Å². The van der Waals surface area contributed by atoms with Crippen molar-refractivity contribution in [3.63, 3.8) is 0 Å². The van der Waals surface area contributed by atoms with Crippen LogP contribution < -0.4 is 0 Å². The highest BCUT2D eigenvalue weighted by molar-refractivity contribution is 5.41. The van der Waals surface area contributed by atoms with Crippen LogP contribution in [0.4, 0.5) is 11.4 Å². The lowest BCUT2D eigenvalue weighted by atomic mass is 10.0. The van der Waals surface area contributed by atoms with Crippen molar-refractivity contribution in [2.75, 3.05) is 6.54 Å². The molecular formula is C15H15N2+. The van der Waals surface area contributed by atoms with E-state index in [0.29, 0.717) is 0 Å². The zero-order valence-corrected chi connectivity index (χ0v) is 9.71. The molecule has 1 heterocycles. The van der Waals surface area contributed by atoms with Gasteiger partial charge in [0.05, 0.1) is 0 Å². The van der Waals surface area contributed by atoms with Crippen molar-refractivity contribution in [2.45, 2.75) is 12.8 Å². The van der Waals surface area contributed by atoms with Crippen LogP contribution in [0.5, 0.6) is 0 Å². The topological polar surface area (TPSA) is 15.4 Å². The van der Waals surface area contributed by atoms with Gasteiger partial charge in [0.1, 0.15) is 5.69 Å². The summed E-state index contributed by atoms with van der Waals surface area (Å²) in [5, 5.41) is 4.69. The van der Waals surface area contributed by atoms with E-state index in [-0.39, 0.29) is 0 Å². The first-order valence-electron chi connectivity index (χ1n) is 6.06. The highest BCUT2D eigenvalue weighted by atomic mass is 15.3. The fourth-order valence-electron chi connectivity index (χ4n) is 2.25. The third-order valence-corrected chi connectivity index (χ3v) is 3.08. The van der Waals surface area contributed by atoms with E-state index in [1.807, 2.05) is 30.3 Å². The normalized spacial score (nSPS) is 16.8. The number of aryl methyl sites for hydroxylation is 1. The number of benzene rings is 2. The Labute approximate surface area is 101 Å². The zero-order chi connectivity index (χ0) is 11.5. The van der Waals surface area contributed by atoms with Crippen LogP contribution in [-0.4, -0.2) is 11.2 Å². The maximum Gasteiger partial charge on any atom is 0.235 e. The molecule has 0 aromatic heterocycles. The molecule has 0 amide bonds. The maximum atomic E-state index is 4.69. The summed E-state index contributed by atoms with van der Waals surface area (Å²) < 4.78 is 2.12. The molecule has 2 heteroatoms. The van der Waals surface area contributed by atoms with Gasteiger partial charge in [0.15, 0.2) is 6.54 Å². The van der Waals surface area contributed by atoms with E-state index in [1.54, 1.807) is 0 Å². The minimum absolute atomic E-state index is 1.01. The van der Waals surface area contributed by atoms with Crippen LogP contribution in [0, 0.1) is 0 Å². The molecule has 0 N–H and O–H groups in total. The minimum atomic E-state index is 1.01. The van der Waals surface area contributed by atoms with Crippen molar-refractivity contribution >= 4 is 11.4 Å². The summed E-state index contributed by atoms with van der Waals surface area (Å²) in [4.78, 5) is 0. The molecule has 0 fully saturated rings. The van der Waals surface area contributed by atoms with Crippen LogP contribution in [0.15, 0.2) is 59.7 Å². The van der Waals surface area contributed by atoms with Gasteiger partial charge in [-0.25, -0.2) is 0 Å². The molecule has 1 aliphatic heterocycles. The first kappa shape index (κ1) is 10.2. The molecule has 0 atom stereocenters. The summed E-state index contributed by atoms with van der Waals surface area (Å²) in [6, 6.07) is 18.7. The average molecular weight is 223 g/mol. The lowest BCUT2D eigenvalue weighted by Gasteiger charge is -2.10. The number of hydrogen-bond donors (Lipinski definition) is 0. The first-order chi connectivity index (χ1) is 8.43. The van der Waals surface area contributed by atoms with Gasteiger partial charge in [-0.15, -0.1) is 0 Å². The van der Waals surface area contributed by atoms with E-state index in [2.05, 4.69) is 29.0 Å². The third kappa shape index (κ3) is 2.11. The van der Waals surface area contributed by atoms with Crippen molar-refractivity contribution in [3.8, 4) is 0 Å². The number of rotatable bonds is 1. The van der Waals surface area contributed by atoms with Crippen molar-refractivity contribution in [2.24, 2.45) is 5.11 Å². The third-order valence-electron chi connectivity index (χ3n) is 3.08. The molecular weight excluding hydrogens is 208 g/mol. The highest BCUT2D eigenvalue weighted by Crippen LogP contribution is 2.27. The number of nitrogens with zero attached hydrogens (tertiary/aromatic N) is 2. The van der Waals surface area contributed by atoms with Gasteiger partial charge in [-0.05, 0) is 23.7 Å². The number of azo groups is 2. The highest BCUT2D eigenvalue weighted by Gasteiger charge is 2.21. The molecule has 1 aliphatic rings. The van der Waals surface area contributed by atoms with E-state index >= 15 is 0 Å². The molecule has 84 valence electrons. The number of fused-ring (bicyclic) bond motifs is 1. The molecule has 0 spiro atoms.